The smallest absolute Gasteiger partial charge is 0.348 e. The van der Waals surface area contributed by atoms with E-state index in [0.29, 0.717) is 29.8 Å². The minimum atomic E-state index is -4.47. The number of nitrogens with zero attached hydrogens (tertiary/aromatic N) is 1. The van der Waals surface area contributed by atoms with Crippen molar-refractivity contribution in [1.29, 1.82) is 0 Å². The number of halogens is 3. The molecule has 1 atom stereocenters. The lowest BCUT2D eigenvalue weighted by atomic mass is 9.86. The van der Waals surface area contributed by atoms with Crippen molar-refractivity contribution in [3.63, 3.8) is 0 Å². The number of hydrogen-bond donors (Lipinski definition) is 1. The maximum Gasteiger partial charge on any atom is 0.416 e. The maximum absolute atomic E-state index is 13.4. The summed E-state index contributed by atoms with van der Waals surface area (Å²) in [5.41, 5.74) is 1.68. The lowest BCUT2D eigenvalue weighted by Gasteiger charge is -2.34. The fourth-order valence-electron chi connectivity index (χ4n) is 4.45. The summed E-state index contributed by atoms with van der Waals surface area (Å²) in [6.07, 6.45) is -3.77. The Hall–Kier alpha value is -3.66. The Bertz CT molecular complexity index is 1450. The van der Waals surface area contributed by atoms with Gasteiger partial charge in [-0.1, -0.05) is 32.0 Å². The van der Waals surface area contributed by atoms with Gasteiger partial charge in [0.15, 0.2) is 9.84 Å². The Kier molecular flexibility index (Phi) is 7.64. The first-order valence-corrected chi connectivity index (χ1v) is 13.8. The molecule has 0 saturated heterocycles. The van der Waals surface area contributed by atoms with E-state index in [4.69, 9.17) is 0 Å². The van der Waals surface area contributed by atoms with Gasteiger partial charge in [0.25, 0.3) is 11.8 Å². The molecule has 4 rings (SSSR count). The van der Waals surface area contributed by atoms with E-state index in [2.05, 4.69) is 5.32 Å². The van der Waals surface area contributed by atoms with E-state index >= 15 is 0 Å². The van der Waals surface area contributed by atoms with Gasteiger partial charge in [-0.05, 0) is 66.1 Å². The van der Waals surface area contributed by atoms with Crippen LogP contribution in [0.3, 0.4) is 0 Å². The molecule has 0 saturated carbocycles. The Labute approximate surface area is 219 Å². The van der Waals surface area contributed by atoms with Crippen molar-refractivity contribution in [2.75, 3.05) is 17.2 Å². The molecule has 6 nitrogen and oxygen atoms in total. The first-order chi connectivity index (χ1) is 17.9. The summed E-state index contributed by atoms with van der Waals surface area (Å²) < 4.78 is 62.9. The molecule has 0 aromatic heterocycles. The summed E-state index contributed by atoms with van der Waals surface area (Å²) >= 11 is 0. The second-order valence-corrected chi connectivity index (χ2v) is 11.4. The molecule has 3 aromatic carbocycles. The van der Waals surface area contributed by atoms with Crippen molar-refractivity contribution in [2.24, 2.45) is 0 Å². The minimum absolute atomic E-state index is 0.00465. The quantitative estimate of drug-likeness (QED) is 0.421. The fourth-order valence-corrected chi connectivity index (χ4v) is 5.34. The number of anilines is 1. The van der Waals surface area contributed by atoms with Gasteiger partial charge in [0.1, 0.15) is 0 Å². The molecule has 0 spiro atoms. The minimum Gasteiger partial charge on any atom is -0.348 e. The third-order valence-electron chi connectivity index (χ3n) is 6.75. The third kappa shape index (κ3) is 5.60. The lowest BCUT2D eigenvalue weighted by molar-refractivity contribution is -0.137. The molecule has 1 aliphatic rings. The van der Waals surface area contributed by atoms with Gasteiger partial charge in [-0.2, -0.15) is 13.2 Å². The van der Waals surface area contributed by atoms with E-state index in [1.54, 1.807) is 31.2 Å². The van der Waals surface area contributed by atoms with E-state index in [1.807, 2.05) is 6.92 Å². The highest BCUT2D eigenvalue weighted by Crippen LogP contribution is 2.36. The number of rotatable bonds is 7. The lowest BCUT2D eigenvalue weighted by Crippen LogP contribution is -2.40. The average molecular weight is 545 g/mol. The van der Waals surface area contributed by atoms with Gasteiger partial charge < -0.3 is 10.2 Å². The molecular weight excluding hydrogens is 517 g/mol. The first kappa shape index (κ1) is 27.4. The molecule has 1 aliphatic heterocycles. The first-order valence-electron chi connectivity index (χ1n) is 12.2. The van der Waals surface area contributed by atoms with Crippen LogP contribution in [0.1, 0.15) is 63.6 Å². The van der Waals surface area contributed by atoms with Crippen LogP contribution in [-0.4, -0.2) is 32.5 Å². The largest absolute Gasteiger partial charge is 0.416 e. The number of benzene rings is 3. The van der Waals surface area contributed by atoms with Crippen molar-refractivity contribution < 1.29 is 31.2 Å². The number of carbonyl (C=O) groups is 2. The van der Waals surface area contributed by atoms with Crippen LogP contribution in [-0.2, 0) is 22.6 Å². The van der Waals surface area contributed by atoms with Crippen LogP contribution in [0.25, 0.3) is 0 Å². The van der Waals surface area contributed by atoms with Crippen molar-refractivity contribution in [2.45, 2.75) is 43.8 Å². The van der Waals surface area contributed by atoms with Crippen LogP contribution in [0.4, 0.5) is 18.9 Å². The molecule has 0 bridgehead atoms. The third-order valence-corrected chi connectivity index (χ3v) is 8.50. The van der Waals surface area contributed by atoms with Crippen molar-refractivity contribution in [3.8, 4) is 0 Å². The second kappa shape index (κ2) is 10.6. The fraction of sp³-hybridized carbons (Fsp3) is 0.286. The predicted molar refractivity (Wildman–Crippen MR) is 138 cm³/mol. The summed E-state index contributed by atoms with van der Waals surface area (Å²) in [6.45, 7) is 4.01. The number of nitrogens with one attached hydrogen (secondary N) is 1. The number of carbonyl (C=O) groups excluding carboxylic acids is 2. The molecule has 10 heteroatoms. The zero-order valence-corrected chi connectivity index (χ0v) is 21.7. The van der Waals surface area contributed by atoms with Gasteiger partial charge in [0.2, 0.25) is 0 Å². The molecule has 0 fully saturated rings. The number of sulfone groups is 1. The molecule has 38 heavy (non-hydrogen) atoms. The summed E-state index contributed by atoms with van der Waals surface area (Å²) in [5, 5.41) is 2.78. The molecule has 0 aliphatic carbocycles. The van der Waals surface area contributed by atoms with Crippen LogP contribution in [0.15, 0.2) is 71.6 Å². The molecule has 2 amide bonds. The van der Waals surface area contributed by atoms with Crippen LogP contribution in [0.5, 0.6) is 0 Å². The Morgan fingerprint density at radius 2 is 1.66 bits per heavy atom. The van der Waals surface area contributed by atoms with Gasteiger partial charge in [-0.15, -0.1) is 0 Å². The summed E-state index contributed by atoms with van der Waals surface area (Å²) in [5.74, 6) is -0.840. The van der Waals surface area contributed by atoms with Gasteiger partial charge >= 0.3 is 6.18 Å². The standard InChI is InChI=1S/C28H27F3N2O4S/c1-3-19-17-33(22-10-8-21(9-11-22)28(29,30)31)27(35)25-15-20(7-14-24(19)25)26(34)32-16-18-5-12-23(13-6-18)38(36,37)4-2/h5-15,19H,3-4,16-17H2,1-2H3,(H,32,34). The van der Waals surface area contributed by atoms with E-state index in [-0.39, 0.29) is 34.6 Å². The monoisotopic (exact) mass is 544 g/mol. The molecule has 3 aromatic rings. The highest BCUT2D eigenvalue weighted by atomic mass is 32.2. The Balaban J connectivity index is 1.53. The number of fused-ring (bicyclic) bond motifs is 1. The van der Waals surface area contributed by atoms with Gasteiger partial charge in [-0.3, -0.25) is 9.59 Å². The molecule has 1 unspecified atom stereocenters. The molecule has 0 radical (unpaired) electrons. The van der Waals surface area contributed by atoms with Crippen molar-refractivity contribution in [1.82, 2.24) is 5.32 Å². The van der Waals surface area contributed by atoms with E-state index in [9.17, 15) is 31.2 Å². The van der Waals surface area contributed by atoms with Gasteiger partial charge in [0, 0.05) is 35.8 Å². The zero-order chi connectivity index (χ0) is 27.7. The highest BCUT2D eigenvalue weighted by molar-refractivity contribution is 7.91. The second-order valence-electron chi connectivity index (χ2n) is 9.10. The van der Waals surface area contributed by atoms with Gasteiger partial charge in [0.05, 0.1) is 16.2 Å². The van der Waals surface area contributed by atoms with Crippen LogP contribution in [0, 0.1) is 0 Å². The van der Waals surface area contributed by atoms with Crippen LogP contribution >= 0.6 is 0 Å². The topological polar surface area (TPSA) is 83.6 Å². The van der Waals surface area contributed by atoms with E-state index in [0.717, 1.165) is 17.7 Å². The molecule has 200 valence electrons. The summed E-state index contributed by atoms with van der Waals surface area (Å²) in [4.78, 5) is 27.9. The molecule has 1 N–H and O–H groups in total. The maximum atomic E-state index is 13.4. The highest BCUT2D eigenvalue weighted by Gasteiger charge is 2.34. The Morgan fingerprint density at radius 1 is 1.00 bits per heavy atom. The zero-order valence-electron chi connectivity index (χ0n) is 20.9. The van der Waals surface area contributed by atoms with Crippen molar-refractivity contribution >= 4 is 27.3 Å². The summed E-state index contributed by atoms with van der Waals surface area (Å²) in [7, 11) is -3.32. The van der Waals surface area contributed by atoms with Gasteiger partial charge in [-0.25, -0.2) is 8.42 Å². The number of alkyl halides is 3. The average Bonchev–Trinajstić information content (AvgIpc) is 2.91. The van der Waals surface area contributed by atoms with E-state index < -0.39 is 27.5 Å². The summed E-state index contributed by atoms with van der Waals surface area (Å²) in [6, 6.07) is 15.7. The van der Waals surface area contributed by atoms with E-state index in [1.165, 1.54) is 35.2 Å². The normalized spacial score (nSPS) is 15.8. The number of amides is 2. The van der Waals surface area contributed by atoms with Crippen molar-refractivity contribution in [3.05, 3.63) is 94.5 Å². The molecule has 1 heterocycles. The predicted octanol–water partition coefficient (Wildman–Crippen LogP) is 5.58. The van der Waals surface area contributed by atoms with Crippen LogP contribution < -0.4 is 10.2 Å². The molecular formula is C28H27F3N2O4S. The SMILES string of the molecule is CCC1CN(c2ccc(C(F)(F)F)cc2)C(=O)c2cc(C(=O)NCc3ccc(S(=O)(=O)CC)cc3)ccc21. The Morgan fingerprint density at radius 3 is 2.24 bits per heavy atom. The number of hydrogen-bond acceptors (Lipinski definition) is 4. The van der Waals surface area contributed by atoms with Crippen LogP contribution in [0.2, 0.25) is 0 Å².